The van der Waals surface area contributed by atoms with Crippen LogP contribution in [0.4, 0.5) is 0 Å². The van der Waals surface area contributed by atoms with E-state index in [4.69, 9.17) is 4.74 Å². The Morgan fingerprint density at radius 2 is 2.20 bits per heavy atom. The maximum atomic E-state index is 11.6. The standard InChI is InChI=1S/C13H20O2/c1-10(2)12(14)15-13(11(3)4)8-6-5-7-9-13/h6,8,11H,1,5,7,9H2,2-4H3. The molecule has 0 fully saturated rings. The van der Waals surface area contributed by atoms with Gasteiger partial charge in [-0.15, -0.1) is 0 Å². The average molecular weight is 208 g/mol. The Kier molecular flexibility index (Phi) is 3.72. The Balaban J connectivity index is 2.83. The Bertz CT molecular complexity index is 289. The minimum Gasteiger partial charge on any atom is -0.451 e. The van der Waals surface area contributed by atoms with Crippen molar-refractivity contribution >= 4 is 5.97 Å². The van der Waals surface area contributed by atoms with Gasteiger partial charge in [0.2, 0.25) is 0 Å². The van der Waals surface area contributed by atoms with Crippen molar-refractivity contribution in [3.05, 3.63) is 24.3 Å². The molecule has 0 aromatic carbocycles. The van der Waals surface area contributed by atoms with E-state index in [9.17, 15) is 4.79 Å². The summed E-state index contributed by atoms with van der Waals surface area (Å²) in [7, 11) is 0. The zero-order chi connectivity index (χ0) is 11.5. The number of rotatable bonds is 3. The van der Waals surface area contributed by atoms with E-state index in [1.807, 2.05) is 6.08 Å². The number of ether oxygens (including phenoxy) is 1. The van der Waals surface area contributed by atoms with Crippen molar-refractivity contribution in [2.45, 2.75) is 45.6 Å². The minimum absolute atomic E-state index is 0.282. The third-order valence-corrected chi connectivity index (χ3v) is 2.95. The molecule has 0 aliphatic heterocycles. The van der Waals surface area contributed by atoms with E-state index in [1.165, 1.54) is 0 Å². The molecule has 0 spiro atoms. The van der Waals surface area contributed by atoms with E-state index < -0.39 is 5.60 Å². The third-order valence-electron chi connectivity index (χ3n) is 2.95. The molecule has 0 radical (unpaired) electrons. The Morgan fingerprint density at radius 1 is 1.53 bits per heavy atom. The molecule has 0 saturated carbocycles. The lowest BCUT2D eigenvalue weighted by atomic mass is 9.81. The first-order chi connectivity index (χ1) is 6.98. The lowest BCUT2D eigenvalue weighted by Crippen LogP contribution is -2.39. The first kappa shape index (κ1) is 12.0. The van der Waals surface area contributed by atoms with Crippen LogP contribution >= 0.6 is 0 Å². The third kappa shape index (κ3) is 2.71. The SMILES string of the molecule is C=C(C)C(=O)OC1(C(C)C)C=CCCC1. The zero-order valence-electron chi connectivity index (χ0n) is 9.88. The molecule has 1 rings (SSSR count). The van der Waals surface area contributed by atoms with Gasteiger partial charge in [-0.25, -0.2) is 4.79 Å². The van der Waals surface area contributed by atoms with Crippen LogP contribution in [-0.2, 0) is 9.53 Å². The highest BCUT2D eigenvalue weighted by atomic mass is 16.6. The molecule has 2 heteroatoms. The Labute approximate surface area is 92.0 Å². The van der Waals surface area contributed by atoms with Gasteiger partial charge >= 0.3 is 5.97 Å². The maximum absolute atomic E-state index is 11.6. The van der Waals surface area contributed by atoms with Crippen molar-refractivity contribution in [1.29, 1.82) is 0 Å². The van der Waals surface area contributed by atoms with E-state index in [0.29, 0.717) is 11.5 Å². The van der Waals surface area contributed by atoms with Crippen LogP contribution in [0.15, 0.2) is 24.3 Å². The number of hydrogen-bond acceptors (Lipinski definition) is 2. The van der Waals surface area contributed by atoms with Gasteiger partial charge in [0.15, 0.2) is 0 Å². The summed E-state index contributed by atoms with van der Waals surface area (Å²) in [5.74, 6) is 0.0209. The topological polar surface area (TPSA) is 26.3 Å². The van der Waals surface area contributed by atoms with Crippen molar-refractivity contribution in [2.75, 3.05) is 0 Å². The van der Waals surface area contributed by atoms with Gasteiger partial charge in [0.1, 0.15) is 5.60 Å². The molecule has 0 heterocycles. The normalized spacial score (nSPS) is 25.3. The maximum Gasteiger partial charge on any atom is 0.333 e. The van der Waals surface area contributed by atoms with E-state index in [2.05, 4.69) is 26.5 Å². The van der Waals surface area contributed by atoms with Crippen molar-refractivity contribution in [2.24, 2.45) is 5.92 Å². The largest absolute Gasteiger partial charge is 0.451 e. The van der Waals surface area contributed by atoms with Crippen LogP contribution in [0.3, 0.4) is 0 Å². The van der Waals surface area contributed by atoms with Crippen LogP contribution in [0.2, 0.25) is 0 Å². The first-order valence-corrected chi connectivity index (χ1v) is 5.54. The number of allylic oxidation sites excluding steroid dienone is 1. The summed E-state index contributed by atoms with van der Waals surface area (Å²) in [5, 5.41) is 0. The zero-order valence-corrected chi connectivity index (χ0v) is 9.88. The van der Waals surface area contributed by atoms with Crippen LogP contribution in [0.1, 0.15) is 40.0 Å². The van der Waals surface area contributed by atoms with E-state index >= 15 is 0 Å². The van der Waals surface area contributed by atoms with Gasteiger partial charge in [-0.3, -0.25) is 0 Å². The highest BCUT2D eigenvalue weighted by Gasteiger charge is 2.36. The minimum atomic E-state index is -0.408. The smallest absolute Gasteiger partial charge is 0.333 e. The monoisotopic (exact) mass is 208 g/mol. The summed E-state index contributed by atoms with van der Waals surface area (Å²) in [5.41, 5.74) is 0.0582. The quantitative estimate of drug-likeness (QED) is 0.404. The van der Waals surface area contributed by atoms with Crippen LogP contribution in [0, 0.1) is 5.92 Å². The van der Waals surface area contributed by atoms with Crippen LogP contribution in [0.25, 0.3) is 0 Å². The fourth-order valence-electron chi connectivity index (χ4n) is 1.81. The summed E-state index contributed by atoms with van der Waals surface area (Å²) in [6.07, 6.45) is 7.23. The second kappa shape index (κ2) is 4.65. The Morgan fingerprint density at radius 3 is 2.60 bits per heavy atom. The number of hydrogen-bond donors (Lipinski definition) is 0. The predicted molar refractivity (Wildman–Crippen MR) is 61.5 cm³/mol. The van der Waals surface area contributed by atoms with Gasteiger partial charge in [-0.1, -0.05) is 26.5 Å². The molecule has 1 unspecified atom stereocenters. The first-order valence-electron chi connectivity index (χ1n) is 5.54. The Hall–Kier alpha value is -1.05. The van der Waals surface area contributed by atoms with Gasteiger partial charge in [0.25, 0.3) is 0 Å². The molecular formula is C13H20O2. The van der Waals surface area contributed by atoms with Crippen LogP contribution < -0.4 is 0 Å². The molecule has 0 amide bonds. The summed E-state index contributed by atoms with van der Waals surface area (Å²) < 4.78 is 5.58. The number of carbonyl (C=O) groups excluding carboxylic acids is 1. The summed E-state index contributed by atoms with van der Waals surface area (Å²) in [6.45, 7) is 9.47. The van der Waals surface area contributed by atoms with Crippen LogP contribution in [-0.4, -0.2) is 11.6 Å². The molecule has 1 atom stereocenters. The summed E-state index contributed by atoms with van der Waals surface area (Å²) in [6, 6.07) is 0. The molecule has 0 bridgehead atoms. The van der Waals surface area contributed by atoms with E-state index in [-0.39, 0.29) is 5.97 Å². The molecule has 0 N–H and O–H groups in total. The predicted octanol–water partition coefficient (Wildman–Crippen LogP) is 3.24. The molecule has 1 aliphatic carbocycles. The summed E-state index contributed by atoms with van der Waals surface area (Å²) in [4.78, 5) is 11.6. The second-order valence-electron chi connectivity index (χ2n) is 4.57. The molecule has 2 nitrogen and oxygen atoms in total. The van der Waals surface area contributed by atoms with Crippen LogP contribution in [0.5, 0.6) is 0 Å². The van der Waals surface area contributed by atoms with Crippen molar-refractivity contribution in [1.82, 2.24) is 0 Å². The number of carbonyl (C=O) groups is 1. The average Bonchev–Trinajstić information content (AvgIpc) is 2.18. The molecule has 0 aromatic rings. The van der Waals surface area contributed by atoms with Crippen molar-refractivity contribution in [3.8, 4) is 0 Å². The van der Waals surface area contributed by atoms with Crippen molar-refractivity contribution in [3.63, 3.8) is 0 Å². The highest BCUT2D eigenvalue weighted by molar-refractivity contribution is 5.87. The van der Waals surface area contributed by atoms with Gasteiger partial charge in [0.05, 0.1) is 0 Å². The second-order valence-corrected chi connectivity index (χ2v) is 4.57. The molecule has 0 aromatic heterocycles. The highest BCUT2D eigenvalue weighted by Crippen LogP contribution is 2.33. The lowest BCUT2D eigenvalue weighted by Gasteiger charge is -2.36. The van der Waals surface area contributed by atoms with E-state index in [0.717, 1.165) is 19.3 Å². The summed E-state index contributed by atoms with van der Waals surface area (Å²) >= 11 is 0. The lowest BCUT2D eigenvalue weighted by molar-refractivity contribution is -0.155. The number of esters is 1. The van der Waals surface area contributed by atoms with Gasteiger partial charge in [0, 0.05) is 5.57 Å². The molecule has 84 valence electrons. The van der Waals surface area contributed by atoms with Gasteiger partial charge < -0.3 is 4.74 Å². The van der Waals surface area contributed by atoms with Crippen molar-refractivity contribution < 1.29 is 9.53 Å². The fourth-order valence-corrected chi connectivity index (χ4v) is 1.81. The van der Waals surface area contributed by atoms with Gasteiger partial charge in [-0.05, 0) is 38.2 Å². The van der Waals surface area contributed by atoms with E-state index in [1.54, 1.807) is 6.92 Å². The molecule has 1 aliphatic rings. The molecular weight excluding hydrogens is 188 g/mol. The van der Waals surface area contributed by atoms with Gasteiger partial charge in [-0.2, -0.15) is 0 Å². The molecule has 15 heavy (non-hydrogen) atoms. The molecule has 0 saturated heterocycles. The fraction of sp³-hybridized carbons (Fsp3) is 0.615.